The molecule has 1 unspecified atom stereocenters. The zero-order valence-corrected chi connectivity index (χ0v) is 19.9. The average Bonchev–Trinajstić information content (AvgIpc) is 3.23. The van der Waals surface area contributed by atoms with Crippen molar-refractivity contribution in [3.05, 3.63) is 23.0 Å². The van der Waals surface area contributed by atoms with Crippen LogP contribution < -0.4 is 0 Å². The van der Waals surface area contributed by atoms with Crippen molar-refractivity contribution in [2.45, 2.75) is 110 Å². The Labute approximate surface area is 192 Å². The Balaban J connectivity index is 3.02. The molecule has 0 aliphatic heterocycles. The number of carboxylic acids is 2. The predicted octanol–water partition coefficient (Wildman–Crippen LogP) is 5.92. The first kappa shape index (κ1) is 28.2. The maximum absolute atomic E-state index is 11.7. The number of carbonyl (C=O) groups is 2. The molecule has 0 amide bonds. The van der Waals surface area contributed by atoms with Gasteiger partial charge in [-0.15, -0.1) is 0 Å². The van der Waals surface area contributed by atoms with Gasteiger partial charge in [0.25, 0.3) is 0 Å². The summed E-state index contributed by atoms with van der Waals surface area (Å²) in [5.74, 6) is -2.61. The molecule has 0 aromatic carbocycles. The van der Waals surface area contributed by atoms with Crippen molar-refractivity contribution in [2.75, 3.05) is 6.61 Å². The van der Waals surface area contributed by atoms with E-state index in [4.69, 9.17) is 0 Å². The smallest absolute Gasteiger partial charge is 0.352 e. The van der Waals surface area contributed by atoms with E-state index in [2.05, 4.69) is 18.8 Å². The number of rotatable bonds is 19. The summed E-state index contributed by atoms with van der Waals surface area (Å²) in [5, 5.41) is 40.5. The Bertz CT molecular complexity index is 668. The zero-order valence-electron chi connectivity index (χ0n) is 19.9. The first-order chi connectivity index (χ1) is 15.3. The lowest BCUT2D eigenvalue weighted by Gasteiger charge is -2.37. The molecule has 0 saturated heterocycles. The summed E-state index contributed by atoms with van der Waals surface area (Å²) in [6, 6.07) is 1.20. The number of unbranched alkanes of at least 4 members (excludes halogenated alkanes) is 10. The van der Waals surface area contributed by atoms with Crippen LogP contribution in [0.1, 0.15) is 136 Å². The summed E-state index contributed by atoms with van der Waals surface area (Å²) in [7, 11) is 0. The molecule has 184 valence electrons. The van der Waals surface area contributed by atoms with Crippen LogP contribution in [-0.4, -0.2) is 44.0 Å². The van der Waals surface area contributed by atoms with Crippen LogP contribution in [0.3, 0.4) is 0 Å². The minimum atomic E-state index is -1.32. The van der Waals surface area contributed by atoms with Crippen molar-refractivity contribution in [1.82, 2.24) is 4.98 Å². The van der Waals surface area contributed by atoms with Gasteiger partial charge in [0.1, 0.15) is 11.4 Å². The minimum absolute atomic E-state index is 0.0425. The summed E-state index contributed by atoms with van der Waals surface area (Å²) in [6.07, 6.45) is 12.7. The minimum Gasteiger partial charge on any atom is -0.477 e. The quantitative estimate of drug-likeness (QED) is 0.165. The molecule has 7 heteroatoms. The SMILES string of the molecule is CCCCCCCCC(CO)(CCCCCCCC)C(O)c1cc(C(=O)O)[nH]c1C(=O)O. The van der Waals surface area contributed by atoms with Gasteiger partial charge in [0.15, 0.2) is 0 Å². The van der Waals surface area contributed by atoms with E-state index in [9.17, 15) is 30.0 Å². The van der Waals surface area contributed by atoms with Crippen molar-refractivity contribution in [3.63, 3.8) is 0 Å². The van der Waals surface area contributed by atoms with Crippen LogP contribution in [0.15, 0.2) is 6.07 Å². The van der Waals surface area contributed by atoms with E-state index in [-0.39, 0.29) is 23.6 Å². The molecule has 0 spiro atoms. The molecule has 1 heterocycles. The molecule has 0 aliphatic carbocycles. The highest BCUT2D eigenvalue weighted by molar-refractivity contribution is 5.92. The second-order valence-electron chi connectivity index (χ2n) is 9.08. The number of nitrogens with one attached hydrogen (secondary N) is 1. The van der Waals surface area contributed by atoms with Crippen molar-refractivity contribution < 1.29 is 30.0 Å². The molecule has 1 rings (SSSR count). The topological polar surface area (TPSA) is 131 Å². The molecule has 1 aromatic heterocycles. The van der Waals surface area contributed by atoms with Crippen LogP contribution in [0.4, 0.5) is 0 Å². The van der Waals surface area contributed by atoms with E-state index in [0.29, 0.717) is 12.8 Å². The third-order valence-electron chi connectivity index (χ3n) is 6.54. The van der Waals surface area contributed by atoms with Crippen molar-refractivity contribution >= 4 is 11.9 Å². The second kappa shape index (κ2) is 15.1. The van der Waals surface area contributed by atoms with Gasteiger partial charge in [0.2, 0.25) is 0 Å². The number of aliphatic hydroxyl groups is 2. The van der Waals surface area contributed by atoms with Gasteiger partial charge in [0.05, 0.1) is 12.7 Å². The molecule has 0 saturated carbocycles. The lowest BCUT2D eigenvalue weighted by molar-refractivity contribution is -0.0358. The van der Waals surface area contributed by atoms with Gasteiger partial charge in [-0.2, -0.15) is 0 Å². The summed E-state index contributed by atoms with van der Waals surface area (Å²) in [6.45, 7) is 4.05. The number of hydrogen-bond acceptors (Lipinski definition) is 4. The summed E-state index contributed by atoms with van der Waals surface area (Å²) < 4.78 is 0. The van der Waals surface area contributed by atoms with Crippen molar-refractivity contribution in [1.29, 1.82) is 0 Å². The molecular formula is C25H43NO6. The van der Waals surface area contributed by atoms with Crippen LogP contribution in [0, 0.1) is 5.41 Å². The molecule has 1 atom stereocenters. The van der Waals surface area contributed by atoms with E-state index >= 15 is 0 Å². The van der Waals surface area contributed by atoms with Gasteiger partial charge >= 0.3 is 11.9 Å². The largest absolute Gasteiger partial charge is 0.477 e. The van der Waals surface area contributed by atoms with E-state index in [1.165, 1.54) is 18.9 Å². The molecule has 0 radical (unpaired) electrons. The number of aliphatic hydroxyl groups excluding tert-OH is 2. The van der Waals surface area contributed by atoms with E-state index in [1.807, 2.05) is 0 Å². The van der Waals surface area contributed by atoms with Crippen molar-refractivity contribution in [2.24, 2.45) is 5.41 Å². The summed E-state index contributed by atoms with van der Waals surface area (Å²) in [5.41, 5.74) is -1.44. The third kappa shape index (κ3) is 8.58. The number of aromatic amines is 1. The van der Waals surface area contributed by atoms with Gasteiger partial charge in [-0.1, -0.05) is 90.9 Å². The third-order valence-corrected chi connectivity index (χ3v) is 6.54. The average molecular weight is 454 g/mol. The van der Waals surface area contributed by atoms with Gasteiger partial charge in [-0.25, -0.2) is 9.59 Å². The predicted molar refractivity (Wildman–Crippen MR) is 125 cm³/mol. The maximum atomic E-state index is 11.7. The molecule has 1 aromatic rings. The molecule has 7 nitrogen and oxygen atoms in total. The Hall–Kier alpha value is -1.86. The monoisotopic (exact) mass is 453 g/mol. The van der Waals surface area contributed by atoms with E-state index < -0.39 is 23.5 Å². The number of aromatic carboxylic acids is 2. The van der Waals surface area contributed by atoms with Crippen LogP contribution in [-0.2, 0) is 0 Å². The Morgan fingerprint density at radius 3 is 1.72 bits per heavy atom. The fourth-order valence-corrected chi connectivity index (χ4v) is 4.47. The van der Waals surface area contributed by atoms with Gasteiger partial charge in [-0.3, -0.25) is 0 Å². The standard InChI is InChI=1S/C25H43NO6/c1-3-5-7-9-11-13-15-25(18-27,16-14-12-10-8-6-4-2)22(28)19-17-20(23(29)30)26-21(19)24(31)32/h17,22,26-28H,3-16,18H2,1-2H3,(H,29,30)(H,31,32). The number of aromatic nitrogens is 1. The molecular weight excluding hydrogens is 410 g/mol. The Morgan fingerprint density at radius 2 is 1.31 bits per heavy atom. The molecule has 0 fully saturated rings. The van der Waals surface area contributed by atoms with E-state index in [0.717, 1.165) is 64.2 Å². The van der Waals surface area contributed by atoms with Gasteiger partial charge in [0, 0.05) is 11.0 Å². The van der Waals surface area contributed by atoms with E-state index in [1.54, 1.807) is 0 Å². The number of carboxylic acid groups (broad SMARTS) is 2. The van der Waals surface area contributed by atoms with Gasteiger partial charge < -0.3 is 25.4 Å². The highest BCUT2D eigenvalue weighted by Gasteiger charge is 2.40. The lowest BCUT2D eigenvalue weighted by Crippen LogP contribution is -2.34. The van der Waals surface area contributed by atoms with Crippen LogP contribution in [0.2, 0.25) is 0 Å². The number of hydrogen-bond donors (Lipinski definition) is 5. The highest BCUT2D eigenvalue weighted by atomic mass is 16.4. The molecule has 0 bridgehead atoms. The Morgan fingerprint density at radius 1 is 0.844 bits per heavy atom. The molecule has 5 N–H and O–H groups in total. The van der Waals surface area contributed by atoms with Crippen LogP contribution >= 0.6 is 0 Å². The van der Waals surface area contributed by atoms with Crippen LogP contribution in [0.5, 0.6) is 0 Å². The first-order valence-corrected chi connectivity index (χ1v) is 12.3. The van der Waals surface area contributed by atoms with Gasteiger partial charge in [-0.05, 0) is 18.9 Å². The normalized spacial score (nSPS) is 12.8. The maximum Gasteiger partial charge on any atom is 0.352 e. The molecule has 32 heavy (non-hydrogen) atoms. The highest BCUT2D eigenvalue weighted by Crippen LogP contribution is 2.44. The summed E-state index contributed by atoms with van der Waals surface area (Å²) >= 11 is 0. The zero-order chi connectivity index (χ0) is 24.0. The fraction of sp³-hybridized carbons (Fsp3) is 0.760. The molecule has 0 aliphatic rings. The Kier molecular flexibility index (Phi) is 13.3. The first-order valence-electron chi connectivity index (χ1n) is 12.3. The van der Waals surface area contributed by atoms with Crippen molar-refractivity contribution in [3.8, 4) is 0 Å². The van der Waals surface area contributed by atoms with Crippen LogP contribution in [0.25, 0.3) is 0 Å². The number of H-pyrrole nitrogens is 1. The second-order valence-corrected chi connectivity index (χ2v) is 9.08. The fourth-order valence-electron chi connectivity index (χ4n) is 4.47. The lowest BCUT2D eigenvalue weighted by atomic mass is 9.71. The summed E-state index contributed by atoms with van der Waals surface area (Å²) in [4.78, 5) is 25.5.